The number of hydrogen-bond donors (Lipinski definition) is 1. The molecule has 2 nitrogen and oxygen atoms in total. The zero-order chi connectivity index (χ0) is 12.8. The van der Waals surface area contributed by atoms with Gasteiger partial charge in [0.05, 0.1) is 12.3 Å². The fourth-order valence-electron chi connectivity index (χ4n) is 2.49. The summed E-state index contributed by atoms with van der Waals surface area (Å²) in [5, 5.41) is 3.54. The lowest BCUT2D eigenvalue weighted by atomic mass is 9.88. The molecule has 1 heterocycles. The number of likely N-dealkylation sites (N-methyl/N-ethyl adjacent to an activating group) is 1. The van der Waals surface area contributed by atoms with E-state index in [1.54, 1.807) is 6.26 Å². The maximum atomic E-state index is 5.59. The zero-order valence-electron chi connectivity index (χ0n) is 11.1. The van der Waals surface area contributed by atoms with Crippen LogP contribution in [-0.4, -0.2) is 6.54 Å². The molecule has 0 amide bonds. The first kappa shape index (κ1) is 12.9. The van der Waals surface area contributed by atoms with Gasteiger partial charge in [0.25, 0.3) is 0 Å². The molecule has 2 atom stereocenters. The Bertz CT molecular complexity index is 435. The van der Waals surface area contributed by atoms with Crippen LogP contribution in [0, 0.1) is 0 Å². The van der Waals surface area contributed by atoms with Crippen LogP contribution in [0.1, 0.15) is 43.6 Å². The van der Waals surface area contributed by atoms with Gasteiger partial charge in [-0.3, -0.25) is 0 Å². The van der Waals surface area contributed by atoms with Gasteiger partial charge in [0.2, 0.25) is 0 Å². The molecule has 0 spiro atoms. The molecule has 96 valence electrons. The van der Waals surface area contributed by atoms with Gasteiger partial charge in [-0.2, -0.15) is 0 Å². The van der Waals surface area contributed by atoms with Gasteiger partial charge in [-0.05, 0) is 30.7 Å². The van der Waals surface area contributed by atoms with Crippen molar-refractivity contribution in [3.63, 3.8) is 0 Å². The van der Waals surface area contributed by atoms with Crippen LogP contribution >= 0.6 is 0 Å². The smallest absolute Gasteiger partial charge is 0.121 e. The van der Waals surface area contributed by atoms with Crippen molar-refractivity contribution in [3.05, 3.63) is 60.1 Å². The van der Waals surface area contributed by atoms with E-state index in [2.05, 4.69) is 55.6 Å². The van der Waals surface area contributed by atoms with Crippen LogP contribution in [0.4, 0.5) is 0 Å². The van der Waals surface area contributed by atoms with Crippen molar-refractivity contribution in [1.82, 2.24) is 5.32 Å². The summed E-state index contributed by atoms with van der Waals surface area (Å²) in [7, 11) is 0. The number of hydrogen-bond acceptors (Lipinski definition) is 2. The fraction of sp³-hybridized carbons (Fsp3) is 0.375. The number of nitrogens with one attached hydrogen (secondary N) is 1. The summed E-state index contributed by atoms with van der Waals surface area (Å²) in [6, 6.07) is 14.9. The summed E-state index contributed by atoms with van der Waals surface area (Å²) < 4.78 is 5.59. The molecule has 1 N–H and O–H groups in total. The Kier molecular flexibility index (Phi) is 4.59. The minimum Gasteiger partial charge on any atom is -0.468 e. The van der Waals surface area contributed by atoms with Crippen molar-refractivity contribution in [1.29, 1.82) is 0 Å². The summed E-state index contributed by atoms with van der Waals surface area (Å²) in [6.45, 7) is 5.30. The molecule has 2 heteroatoms. The predicted molar refractivity (Wildman–Crippen MR) is 74.6 cm³/mol. The highest BCUT2D eigenvalue weighted by molar-refractivity contribution is 5.24. The van der Waals surface area contributed by atoms with Crippen LogP contribution in [0.5, 0.6) is 0 Å². The fourth-order valence-corrected chi connectivity index (χ4v) is 2.49. The standard InChI is InChI=1S/C16H21NO/c1-3-14(13-9-6-5-7-10-13)16(17-4-2)15-11-8-12-18-15/h5-12,14,16-17H,3-4H2,1-2H3. The van der Waals surface area contributed by atoms with Gasteiger partial charge in [-0.1, -0.05) is 44.2 Å². The van der Waals surface area contributed by atoms with Crippen molar-refractivity contribution < 1.29 is 4.42 Å². The van der Waals surface area contributed by atoms with E-state index in [9.17, 15) is 0 Å². The minimum absolute atomic E-state index is 0.248. The largest absolute Gasteiger partial charge is 0.468 e. The van der Waals surface area contributed by atoms with Gasteiger partial charge >= 0.3 is 0 Å². The highest BCUT2D eigenvalue weighted by atomic mass is 16.3. The second-order valence-electron chi connectivity index (χ2n) is 4.48. The van der Waals surface area contributed by atoms with Crippen molar-refractivity contribution in [2.75, 3.05) is 6.54 Å². The molecule has 0 aliphatic rings. The third-order valence-corrected chi connectivity index (χ3v) is 3.34. The predicted octanol–water partition coefficient (Wildman–Crippen LogP) is 4.12. The highest BCUT2D eigenvalue weighted by Crippen LogP contribution is 2.33. The first-order valence-electron chi connectivity index (χ1n) is 6.68. The molecule has 0 fully saturated rings. The summed E-state index contributed by atoms with van der Waals surface area (Å²) >= 11 is 0. The molecule has 0 saturated heterocycles. The Morgan fingerprint density at radius 3 is 2.39 bits per heavy atom. The van der Waals surface area contributed by atoms with Gasteiger partial charge in [0.15, 0.2) is 0 Å². The maximum absolute atomic E-state index is 5.59. The van der Waals surface area contributed by atoms with Crippen molar-refractivity contribution in [2.24, 2.45) is 0 Å². The lowest BCUT2D eigenvalue weighted by molar-refractivity contribution is 0.364. The van der Waals surface area contributed by atoms with Crippen LogP contribution in [0.2, 0.25) is 0 Å². The summed E-state index contributed by atoms with van der Waals surface area (Å²) in [5.74, 6) is 1.46. The van der Waals surface area contributed by atoms with Crippen LogP contribution < -0.4 is 5.32 Å². The number of benzene rings is 1. The molecule has 2 aromatic rings. The first-order valence-corrected chi connectivity index (χ1v) is 6.68. The molecule has 0 aliphatic carbocycles. The molecule has 0 radical (unpaired) electrons. The van der Waals surface area contributed by atoms with Gasteiger partial charge in [-0.15, -0.1) is 0 Å². The van der Waals surface area contributed by atoms with E-state index in [4.69, 9.17) is 4.42 Å². The topological polar surface area (TPSA) is 25.2 Å². The summed E-state index contributed by atoms with van der Waals surface area (Å²) in [4.78, 5) is 0. The van der Waals surface area contributed by atoms with E-state index in [1.807, 2.05) is 6.07 Å². The van der Waals surface area contributed by atoms with Gasteiger partial charge < -0.3 is 9.73 Å². The quantitative estimate of drug-likeness (QED) is 0.825. The molecule has 2 rings (SSSR count). The molecule has 1 aromatic heterocycles. The Morgan fingerprint density at radius 1 is 1.06 bits per heavy atom. The van der Waals surface area contributed by atoms with Crippen molar-refractivity contribution >= 4 is 0 Å². The van der Waals surface area contributed by atoms with Crippen molar-refractivity contribution in [3.8, 4) is 0 Å². The third-order valence-electron chi connectivity index (χ3n) is 3.34. The molecule has 0 aliphatic heterocycles. The van der Waals surface area contributed by atoms with E-state index < -0.39 is 0 Å². The Balaban J connectivity index is 2.28. The van der Waals surface area contributed by atoms with Crippen molar-refractivity contribution in [2.45, 2.75) is 32.2 Å². The highest BCUT2D eigenvalue weighted by Gasteiger charge is 2.24. The zero-order valence-corrected chi connectivity index (χ0v) is 11.1. The second-order valence-corrected chi connectivity index (χ2v) is 4.48. The monoisotopic (exact) mass is 243 g/mol. The number of furan rings is 1. The van der Waals surface area contributed by atoms with E-state index in [1.165, 1.54) is 5.56 Å². The lowest BCUT2D eigenvalue weighted by Gasteiger charge is -2.25. The van der Waals surface area contributed by atoms with Gasteiger partial charge in [-0.25, -0.2) is 0 Å². The average molecular weight is 243 g/mol. The average Bonchev–Trinajstić information content (AvgIpc) is 2.93. The minimum atomic E-state index is 0.248. The van der Waals surface area contributed by atoms with E-state index in [0.29, 0.717) is 5.92 Å². The van der Waals surface area contributed by atoms with Gasteiger partial charge in [0, 0.05) is 5.92 Å². The lowest BCUT2D eigenvalue weighted by Crippen LogP contribution is -2.26. The van der Waals surface area contributed by atoms with Crippen LogP contribution in [0.15, 0.2) is 53.1 Å². The molecule has 0 saturated carbocycles. The maximum Gasteiger partial charge on any atom is 0.121 e. The number of rotatable bonds is 6. The molecule has 18 heavy (non-hydrogen) atoms. The van der Waals surface area contributed by atoms with Crippen LogP contribution in [-0.2, 0) is 0 Å². The van der Waals surface area contributed by atoms with Gasteiger partial charge in [0.1, 0.15) is 5.76 Å². The third kappa shape index (κ3) is 2.82. The van der Waals surface area contributed by atoms with Crippen LogP contribution in [0.3, 0.4) is 0 Å². The van der Waals surface area contributed by atoms with Crippen LogP contribution in [0.25, 0.3) is 0 Å². The molecular formula is C16H21NO. The molecular weight excluding hydrogens is 222 g/mol. The SMILES string of the molecule is CCNC(c1ccco1)C(CC)c1ccccc1. The Labute approximate surface area is 109 Å². The molecule has 2 unspecified atom stereocenters. The molecule has 1 aromatic carbocycles. The summed E-state index contributed by atoms with van der Waals surface area (Å²) in [6.07, 6.45) is 2.83. The summed E-state index contributed by atoms with van der Waals surface area (Å²) in [5.41, 5.74) is 1.36. The van der Waals surface area contributed by atoms with E-state index >= 15 is 0 Å². The van der Waals surface area contributed by atoms with E-state index in [0.717, 1.165) is 18.7 Å². The normalized spacial score (nSPS) is 14.3. The Hall–Kier alpha value is -1.54. The van der Waals surface area contributed by atoms with E-state index in [-0.39, 0.29) is 6.04 Å². The Morgan fingerprint density at radius 2 is 1.83 bits per heavy atom. The first-order chi connectivity index (χ1) is 8.86. The second kappa shape index (κ2) is 6.41. The molecule has 0 bridgehead atoms.